The van der Waals surface area contributed by atoms with Crippen molar-refractivity contribution in [2.45, 2.75) is 25.2 Å². The summed E-state index contributed by atoms with van der Waals surface area (Å²) < 4.78 is 0. The van der Waals surface area contributed by atoms with Gasteiger partial charge in [-0.25, -0.2) is 0 Å². The molecule has 0 aliphatic heterocycles. The van der Waals surface area contributed by atoms with Gasteiger partial charge in [0.15, 0.2) is 0 Å². The molecule has 1 aromatic carbocycles. The van der Waals surface area contributed by atoms with Crippen molar-refractivity contribution in [1.82, 2.24) is 0 Å². The Balaban J connectivity index is 2.60. The number of hydrogen-bond donors (Lipinski definition) is 1. The minimum absolute atomic E-state index is 0.0475. The number of carboxylic acids is 1. The maximum absolute atomic E-state index is 11.6. The maximum Gasteiger partial charge on any atom is 0.314 e. The van der Waals surface area contributed by atoms with Gasteiger partial charge in [0, 0.05) is 0 Å². The monoisotopic (exact) mass is 216 g/mol. The van der Waals surface area contributed by atoms with Crippen LogP contribution in [0.25, 0.3) is 0 Å². The molecule has 2 heteroatoms. The number of carbonyl (C=O) groups is 1. The van der Waals surface area contributed by atoms with E-state index in [9.17, 15) is 9.90 Å². The molecule has 2 nitrogen and oxygen atoms in total. The number of allylic oxidation sites excluding steroid dienone is 1. The van der Waals surface area contributed by atoms with Gasteiger partial charge >= 0.3 is 5.97 Å². The molecule has 0 heterocycles. The summed E-state index contributed by atoms with van der Waals surface area (Å²) >= 11 is 0. The predicted octanol–water partition coefficient (Wildman–Crippen LogP) is 2.78. The number of rotatable bonds is 3. The second-order valence-electron chi connectivity index (χ2n) is 4.46. The molecule has 2 atom stereocenters. The average molecular weight is 216 g/mol. The van der Waals surface area contributed by atoms with Gasteiger partial charge in [0.05, 0.1) is 5.41 Å². The number of aliphatic carboxylic acids is 1. The molecule has 0 aromatic heterocycles. The van der Waals surface area contributed by atoms with Gasteiger partial charge in [-0.1, -0.05) is 37.3 Å². The first-order valence-electron chi connectivity index (χ1n) is 5.57. The highest BCUT2D eigenvalue weighted by Crippen LogP contribution is 2.44. The third kappa shape index (κ3) is 1.29. The smallest absolute Gasteiger partial charge is 0.314 e. The van der Waals surface area contributed by atoms with Crippen LogP contribution < -0.4 is 0 Å². The molecular weight excluding hydrogens is 200 g/mol. The van der Waals surface area contributed by atoms with Gasteiger partial charge in [0.2, 0.25) is 0 Å². The van der Waals surface area contributed by atoms with Crippen LogP contribution in [0.1, 0.15) is 24.5 Å². The van der Waals surface area contributed by atoms with Gasteiger partial charge in [-0.3, -0.25) is 4.79 Å². The fourth-order valence-corrected chi connectivity index (χ4v) is 2.73. The van der Waals surface area contributed by atoms with Crippen LogP contribution in [0.4, 0.5) is 0 Å². The second kappa shape index (κ2) is 3.78. The van der Waals surface area contributed by atoms with E-state index in [0.29, 0.717) is 6.42 Å². The molecule has 1 aliphatic carbocycles. The largest absolute Gasteiger partial charge is 0.481 e. The van der Waals surface area contributed by atoms with Gasteiger partial charge in [-0.05, 0) is 29.9 Å². The molecule has 0 radical (unpaired) electrons. The van der Waals surface area contributed by atoms with Gasteiger partial charge in [0.25, 0.3) is 0 Å². The lowest BCUT2D eigenvalue weighted by Crippen LogP contribution is -2.39. The van der Waals surface area contributed by atoms with Crippen molar-refractivity contribution in [2.24, 2.45) is 5.92 Å². The first-order valence-corrected chi connectivity index (χ1v) is 5.57. The van der Waals surface area contributed by atoms with E-state index in [0.717, 1.165) is 12.0 Å². The van der Waals surface area contributed by atoms with Crippen molar-refractivity contribution < 1.29 is 9.90 Å². The van der Waals surface area contributed by atoms with E-state index in [1.165, 1.54) is 5.56 Å². The number of hydrogen-bond acceptors (Lipinski definition) is 1. The highest BCUT2D eigenvalue weighted by Gasteiger charge is 2.48. The Morgan fingerprint density at radius 1 is 1.56 bits per heavy atom. The standard InChI is InChI=1S/C14H16O2/c1-3-10(2)14(13(15)16)9-8-11-6-4-5-7-12(11)14/h3-7,10H,1,8-9H2,2H3,(H,15,16). The Labute approximate surface area is 95.6 Å². The van der Waals surface area contributed by atoms with Crippen LogP contribution in [-0.4, -0.2) is 11.1 Å². The summed E-state index contributed by atoms with van der Waals surface area (Å²) in [5, 5.41) is 9.56. The summed E-state index contributed by atoms with van der Waals surface area (Å²) in [5.41, 5.74) is 1.37. The minimum Gasteiger partial charge on any atom is -0.481 e. The molecule has 0 fully saturated rings. The van der Waals surface area contributed by atoms with Crippen molar-refractivity contribution in [3.05, 3.63) is 48.0 Å². The number of fused-ring (bicyclic) bond motifs is 1. The van der Waals surface area contributed by atoms with Crippen molar-refractivity contribution in [2.75, 3.05) is 0 Å². The fraction of sp³-hybridized carbons (Fsp3) is 0.357. The maximum atomic E-state index is 11.6. The predicted molar refractivity (Wildman–Crippen MR) is 63.4 cm³/mol. The third-order valence-corrected chi connectivity index (χ3v) is 3.80. The van der Waals surface area contributed by atoms with Gasteiger partial charge in [0.1, 0.15) is 0 Å². The second-order valence-corrected chi connectivity index (χ2v) is 4.46. The van der Waals surface area contributed by atoms with Crippen molar-refractivity contribution in [3.8, 4) is 0 Å². The Morgan fingerprint density at radius 3 is 2.88 bits per heavy atom. The normalized spacial score (nSPS) is 24.8. The molecule has 0 bridgehead atoms. The minimum atomic E-state index is -0.766. The van der Waals surface area contributed by atoms with E-state index in [1.54, 1.807) is 6.08 Å². The highest BCUT2D eigenvalue weighted by atomic mass is 16.4. The molecule has 1 aromatic rings. The molecule has 1 aliphatic rings. The summed E-state index contributed by atoms with van der Waals surface area (Å²) in [5.74, 6) is -0.779. The van der Waals surface area contributed by atoms with E-state index in [4.69, 9.17) is 0 Å². The molecule has 1 N–H and O–H groups in total. The van der Waals surface area contributed by atoms with Gasteiger partial charge < -0.3 is 5.11 Å². The zero-order valence-corrected chi connectivity index (χ0v) is 9.44. The van der Waals surface area contributed by atoms with Gasteiger partial charge in [-0.15, -0.1) is 6.58 Å². The highest BCUT2D eigenvalue weighted by molar-refractivity contribution is 5.84. The van der Waals surface area contributed by atoms with Crippen molar-refractivity contribution in [3.63, 3.8) is 0 Å². The van der Waals surface area contributed by atoms with Crippen LogP contribution >= 0.6 is 0 Å². The topological polar surface area (TPSA) is 37.3 Å². The quantitative estimate of drug-likeness (QED) is 0.789. The molecule has 84 valence electrons. The van der Waals surface area contributed by atoms with Crippen molar-refractivity contribution in [1.29, 1.82) is 0 Å². The van der Waals surface area contributed by atoms with Crippen LogP contribution in [-0.2, 0) is 16.6 Å². The first kappa shape index (κ1) is 10.9. The van der Waals surface area contributed by atoms with E-state index >= 15 is 0 Å². The fourth-order valence-electron chi connectivity index (χ4n) is 2.73. The third-order valence-electron chi connectivity index (χ3n) is 3.80. The Hall–Kier alpha value is -1.57. The average Bonchev–Trinajstić information content (AvgIpc) is 2.68. The van der Waals surface area contributed by atoms with Gasteiger partial charge in [-0.2, -0.15) is 0 Å². The summed E-state index contributed by atoms with van der Waals surface area (Å²) in [6.07, 6.45) is 3.27. The first-order chi connectivity index (χ1) is 7.63. The number of benzene rings is 1. The molecule has 0 spiro atoms. The van der Waals surface area contributed by atoms with E-state index < -0.39 is 11.4 Å². The molecule has 0 saturated carbocycles. The molecule has 0 saturated heterocycles. The van der Waals surface area contributed by atoms with Crippen LogP contribution in [0.15, 0.2) is 36.9 Å². The van der Waals surface area contributed by atoms with Crippen LogP contribution in [0.2, 0.25) is 0 Å². The summed E-state index contributed by atoms with van der Waals surface area (Å²) in [6, 6.07) is 7.85. The van der Waals surface area contributed by atoms with Crippen LogP contribution in [0.5, 0.6) is 0 Å². The summed E-state index contributed by atoms with van der Waals surface area (Å²) in [4.78, 5) is 11.6. The SMILES string of the molecule is C=CC(C)C1(C(=O)O)CCc2ccccc21. The van der Waals surface area contributed by atoms with Crippen molar-refractivity contribution >= 4 is 5.97 Å². The lowest BCUT2D eigenvalue weighted by molar-refractivity contribution is -0.145. The number of carboxylic acid groups (broad SMARTS) is 1. The zero-order chi connectivity index (χ0) is 11.8. The summed E-state index contributed by atoms with van der Waals surface area (Å²) in [6.45, 7) is 5.68. The molecule has 16 heavy (non-hydrogen) atoms. The summed E-state index contributed by atoms with van der Waals surface area (Å²) in [7, 11) is 0. The van der Waals surface area contributed by atoms with E-state index in [1.807, 2.05) is 31.2 Å². The van der Waals surface area contributed by atoms with Crippen LogP contribution in [0.3, 0.4) is 0 Å². The lowest BCUT2D eigenvalue weighted by atomic mass is 9.72. The molecular formula is C14H16O2. The molecule has 0 amide bonds. The van der Waals surface area contributed by atoms with Crippen LogP contribution in [0, 0.1) is 5.92 Å². The Morgan fingerprint density at radius 2 is 2.25 bits per heavy atom. The van der Waals surface area contributed by atoms with E-state index in [-0.39, 0.29) is 5.92 Å². The number of aryl methyl sites for hydroxylation is 1. The zero-order valence-electron chi connectivity index (χ0n) is 9.44. The Kier molecular flexibility index (Phi) is 2.58. The molecule has 2 unspecified atom stereocenters. The van der Waals surface area contributed by atoms with E-state index in [2.05, 4.69) is 6.58 Å². The molecule has 2 rings (SSSR count). The lowest BCUT2D eigenvalue weighted by Gasteiger charge is -2.30. The Bertz CT molecular complexity index is 436.